The van der Waals surface area contributed by atoms with E-state index in [1.165, 1.54) is 6.07 Å². The lowest BCUT2D eigenvalue weighted by Gasteiger charge is -2.09. The van der Waals surface area contributed by atoms with E-state index in [-0.39, 0.29) is 11.6 Å². The summed E-state index contributed by atoms with van der Waals surface area (Å²) in [5, 5.41) is 12.2. The second-order valence-electron chi connectivity index (χ2n) is 4.01. The number of aromatic hydroxyl groups is 1. The van der Waals surface area contributed by atoms with E-state index >= 15 is 0 Å². The van der Waals surface area contributed by atoms with Crippen LogP contribution in [0.3, 0.4) is 0 Å². The molecule has 0 atom stereocenters. The van der Waals surface area contributed by atoms with Gasteiger partial charge in [-0.15, -0.1) is 0 Å². The SMILES string of the molecule is Cc1ccc(O)c(NC(=O)c2ccc(Br)cc2N)n1. The van der Waals surface area contributed by atoms with Gasteiger partial charge in [0.15, 0.2) is 11.6 Å². The van der Waals surface area contributed by atoms with Crippen molar-refractivity contribution in [3.05, 3.63) is 46.1 Å². The lowest BCUT2D eigenvalue weighted by Crippen LogP contribution is -2.15. The van der Waals surface area contributed by atoms with Crippen molar-refractivity contribution in [1.29, 1.82) is 0 Å². The Morgan fingerprint density at radius 1 is 1.37 bits per heavy atom. The van der Waals surface area contributed by atoms with E-state index in [4.69, 9.17) is 5.73 Å². The topological polar surface area (TPSA) is 88.2 Å². The lowest BCUT2D eigenvalue weighted by atomic mass is 10.1. The maximum atomic E-state index is 12.1. The van der Waals surface area contributed by atoms with E-state index in [0.717, 1.165) is 4.47 Å². The molecule has 98 valence electrons. The van der Waals surface area contributed by atoms with E-state index in [9.17, 15) is 9.90 Å². The Balaban J connectivity index is 2.28. The van der Waals surface area contributed by atoms with E-state index in [2.05, 4.69) is 26.2 Å². The minimum absolute atomic E-state index is 0.0883. The molecule has 0 bridgehead atoms. The van der Waals surface area contributed by atoms with Gasteiger partial charge in [-0.3, -0.25) is 4.79 Å². The number of halogens is 1. The van der Waals surface area contributed by atoms with Crippen LogP contribution in [-0.4, -0.2) is 16.0 Å². The van der Waals surface area contributed by atoms with Gasteiger partial charge in [0.2, 0.25) is 0 Å². The monoisotopic (exact) mass is 321 g/mol. The van der Waals surface area contributed by atoms with Crippen molar-refractivity contribution < 1.29 is 9.90 Å². The Morgan fingerprint density at radius 2 is 2.11 bits per heavy atom. The lowest BCUT2D eigenvalue weighted by molar-refractivity contribution is 0.102. The summed E-state index contributed by atoms with van der Waals surface area (Å²) < 4.78 is 0.790. The van der Waals surface area contributed by atoms with Gasteiger partial charge in [0.05, 0.1) is 5.56 Å². The summed E-state index contributed by atoms with van der Waals surface area (Å²) in [6.45, 7) is 1.77. The number of anilines is 2. The van der Waals surface area contributed by atoms with Crippen molar-refractivity contribution in [2.24, 2.45) is 0 Å². The quantitative estimate of drug-likeness (QED) is 0.742. The summed E-state index contributed by atoms with van der Waals surface area (Å²) in [6.07, 6.45) is 0. The fraction of sp³-hybridized carbons (Fsp3) is 0.0769. The third-order valence-corrected chi connectivity index (χ3v) is 3.00. The molecule has 0 radical (unpaired) electrons. The highest BCUT2D eigenvalue weighted by molar-refractivity contribution is 9.10. The largest absolute Gasteiger partial charge is 0.504 e. The number of nitrogens with one attached hydrogen (secondary N) is 1. The van der Waals surface area contributed by atoms with Gasteiger partial charge in [0, 0.05) is 15.9 Å². The highest BCUT2D eigenvalue weighted by Crippen LogP contribution is 2.23. The second-order valence-corrected chi connectivity index (χ2v) is 4.92. The maximum Gasteiger partial charge on any atom is 0.259 e. The van der Waals surface area contributed by atoms with Gasteiger partial charge in [-0.05, 0) is 37.3 Å². The number of carbonyl (C=O) groups excluding carboxylic acids is 1. The first-order chi connectivity index (χ1) is 8.97. The number of aryl methyl sites for hydroxylation is 1. The molecule has 2 rings (SSSR count). The molecule has 5 nitrogen and oxygen atoms in total. The molecule has 1 amide bonds. The minimum Gasteiger partial charge on any atom is -0.504 e. The third kappa shape index (κ3) is 3.03. The molecule has 0 spiro atoms. The minimum atomic E-state index is -0.418. The average Bonchev–Trinajstić information content (AvgIpc) is 2.33. The van der Waals surface area contributed by atoms with Crippen molar-refractivity contribution in [3.8, 4) is 5.75 Å². The Hall–Kier alpha value is -2.08. The smallest absolute Gasteiger partial charge is 0.259 e. The molecule has 4 N–H and O–H groups in total. The van der Waals surface area contributed by atoms with E-state index in [1.54, 1.807) is 31.2 Å². The molecule has 0 unspecified atom stereocenters. The van der Waals surface area contributed by atoms with Crippen LogP contribution in [0, 0.1) is 6.92 Å². The van der Waals surface area contributed by atoms with Crippen LogP contribution >= 0.6 is 15.9 Å². The molecule has 0 aliphatic carbocycles. The Kier molecular flexibility index (Phi) is 3.71. The molecule has 0 saturated heterocycles. The van der Waals surface area contributed by atoms with Gasteiger partial charge in [-0.1, -0.05) is 15.9 Å². The predicted molar refractivity (Wildman–Crippen MR) is 77.1 cm³/mol. The van der Waals surface area contributed by atoms with Crippen molar-refractivity contribution in [3.63, 3.8) is 0 Å². The van der Waals surface area contributed by atoms with Crippen LogP contribution in [0.4, 0.5) is 11.5 Å². The average molecular weight is 322 g/mol. The van der Waals surface area contributed by atoms with Crippen LogP contribution in [0.2, 0.25) is 0 Å². The van der Waals surface area contributed by atoms with Gasteiger partial charge in [-0.2, -0.15) is 0 Å². The first-order valence-electron chi connectivity index (χ1n) is 5.50. The fourth-order valence-corrected chi connectivity index (χ4v) is 1.94. The number of nitrogen functional groups attached to an aromatic ring is 1. The Bertz CT molecular complexity index is 644. The second kappa shape index (κ2) is 5.27. The maximum absolute atomic E-state index is 12.1. The molecular formula is C13H12BrN3O2. The zero-order chi connectivity index (χ0) is 14.0. The summed E-state index contributed by atoms with van der Waals surface area (Å²) in [6, 6.07) is 8.08. The third-order valence-electron chi connectivity index (χ3n) is 2.50. The number of hydrogen-bond donors (Lipinski definition) is 3. The highest BCUT2D eigenvalue weighted by Gasteiger charge is 2.13. The van der Waals surface area contributed by atoms with Crippen LogP contribution in [0.5, 0.6) is 5.75 Å². The standard InChI is InChI=1S/C13H12BrN3O2/c1-7-2-5-11(18)12(16-7)17-13(19)9-4-3-8(14)6-10(9)15/h2-6,18H,15H2,1H3,(H,16,17,19). The highest BCUT2D eigenvalue weighted by atomic mass is 79.9. The first-order valence-corrected chi connectivity index (χ1v) is 6.29. The molecule has 1 aromatic heterocycles. The number of amides is 1. The van der Waals surface area contributed by atoms with Gasteiger partial charge < -0.3 is 16.2 Å². The molecule has 0 saturated carbocycles. The number of nitrogens with zero attached hydrogens (tertiary/aromatic N) is 1. The van der Waals surface area contributed by atoms with Gasteiger partial charge in [-0.25, -0.2) is 4.98 Å². The number of hydrogen-bond acceptors (Lipinski definition) is 4. The predicted octanol–water partition coefficient (Wildman–Crippen LogP) is 2.69. The number of rotatable bonds is 2. The summed E-state index contributed by atoms with van der Waals surface area (Å²) in [5.41, 5.74) is 7.13. The molecule has 0 aliphatic heterocycles. The summed E-state index contributed by atoms with van der Waals surface area (Å²) >= 11 is 3.27. The van der Waals surface area contributed by atoms with Crippen molar-refractivity contribution >= 4 is 33.3 Å². The van der Waals surface area contributed by atoms with Crippen LogP contribution in [0.1, 0.15) is 16.1 Å². The first kappa shape index (κ1) is 13.4. The summed E-state index contributed by atoms with van der Waals surface area (Å²) in [5.74, 6) is -0.389. The summed E-state index contributed by atoms with van der Waals surface area (Å²) in [4.78, 5) is 16.1. The van der Waals surface area contributed by atoms with Crippen molar-refractivity contribution in [2.45, 2.75) is 6.92 Å². The van der Waals surface area contributed by atoms with E-state index < -0.39 is 5.91 Å². The normalized spacial score (nSPS) is 10.2. The molecule has 19 heavy (non-hydrogen) atoms. The fourth-order valence-electron chi connectivity index (χ4n) is 1.56. The van der Waals surface area contributed by atoms with Crippen LogP contribution < -0.4 is 11.1 Å². The number of nitrogens with two attached hydrogens (primary N) is 1. The van der Waals surface area contributed by atoms with Gasteiger partial charge in [0.25, 0.3) is 5.91 Å². The Labute approximate surface area is 118 Å². The van der Waals surface area contributed by atoms with Crippen molar-refractivity contribution in [2.75, 3.05) is 11.1 Å². The summed E-state index contributed by atoms with van der Waals surface area (Å²) in [7, 11) is 0. The van der Waals surface area contributed by atoms with E-state index in [1.807, 2.05) is 0 Å². The molecule has 0 fully saturated rings. The van der Waals surface area contributed by atoms with Crippen LogP contribution in [0.15, 0.2) is 34.8 Å². The number of carbonyl (C=O) groups is 1. The van der Waals surface area contributed by atoms with Crippen molar-refractivity contribution in [1.82, 2.24) is 4.98 Å². The molecule has 6 heteroatoms. The van der Waals surface area contributed by atoms with Gasteiger partial charge in [0.1, 0.15) is 0 Å². The van der Waals surface area contributed by atoms with Crippen LogP contribution in [-0.2, 0) is 0 Å². The molecule has 1 heterocycles. The molecule has 2 aromatic rings. The zero-order valence-corrected chi connectivity index (χ0v) is 11.7. The number of pyridine rings is 1. The van der Waals surface area contributed by atoms with E-state index in [0.29, 0.717) is 16.9 Å². The molecule has 0 aliphatic rings. The van der Waals surface area contributed by atoms with Gasteiger partial charge >= 0.3 is 0 Å². The Morgan fingerprint density at radius 3 is 2.79 bits per heavy atom. The van der Waals surface area contributed by atoms with Crippen LogP contribution in [0.25, 0.3) is 0 Å². The molecular weight excluding hydrogens is 310 g/mol. The number of aromatic nitrogens is 1. The molecule has 1 aromatic carbocycles. The number of benzene rings is 1. The zero-order valence-electron chi connectivity index (χ0n) is 10.1.